The van der Waals surface area contributed by atoms with Gasteiger partial charge < -0.3 is 9.80 Å². The maximum absolute atomic E-state index is 13.2. The van der Waals surface area contributed by atoms with Crippen molar-refractivity contribution in [2.24, 2.45) is 0 Å². The summed E-state index contributed by atoms with van der Waals surface area (Å²) in [6.45, 7) is 0.826. The maximum Gasteiger partial charge on any atom is 0.416 e. The molecule has 4 nitrogen and oxygen atoms in total. The number of likely N-dealkylation sites (tertiary alicyclic amines) is 1. The van der Waals surface area contributed by atoms with Crippen LogP contribution in [0.4, 0.5) is 26.3 Å². The number of nitrogens with zero attached hydrogens (tertiary/aromatic N) is 2. The quantitative estimate of drug-likeness (QED) is 0.465. The van der Waals surface area contributed by atoms with Gasteiger partial charge in [-0.3, -0.25) is 9.59 Å². The minimum absolute atomic E-state index is 0.00340. The van der Waals surface area contributed by atoms with Crippen molar-refractivity contribution in [2.75, 3.05) is 25.4 Å². The average Bonchev–Trinajstić information content (AvgIpc) is 3.24. The largest absolute Gasteiger partial charge is 0.416 e. The molecule has 0 aliphatic carbocycles. The van der Waals surface area contributed by atoms with Gasteiger partial charge in [-0.25, -0.2) is 0 Å². The lowest BCUT2D eigenvalue weighted by Gasteiger charge is -2.44. The highest BCUT2D eigenvalue weighted by Gasteiger charge is 2.47. The van der Waals surface area contributed by atoms with Crippen LogP contribution >= 0.6 is 11.8 Å². The van der Waals surface area contributed by atoms with Gasteiger partial charge in [-0.1, -0.05) is 30.3 Å². The van der Waals surface area contributed by atoms with Gasteiger partial charge in [-0.15, -0.1) is 11.8 Å². The van der Waals surface area contributed by atoms with E-state index in [4.69, 9.17) is 0 Å². The Bertz CT molecular complexity index is 1080. The van der Waals surface area contributed by atoms with Crippen molar-refractivity contribution in [1.82, 2.24) is 9.80 Å². The van der Waals surface area contributed by atoms with Crippen molar-refractivity contribution in [3.8, 4) is 0 Å². The van der Waals surface area contributed by atoms with E-state index < -0.39 is 39.8 Å². The Kier molecular flexibility index (Phi) is 7.32. The highest BCUT2D eigenvalue weighted by Crippen LogP contribution is 2.44. The number of alkyl halides is 6. The van der Waals surface area contributed by atoms with Crippen molar-refractivity contribution >= 4 is 23.6 Å². The standard InChI is InChI=1S/C25H24F6N2O2S/c26-24(27,28)19-14-18(15-20(16-19)25(29,30)31)22(35)32-10-8-23(9-11-32)33(12-13-36-23)21(34)7-6-17-4-2-1-3-5-17/h1-5,14-16H,6-13H2. The second kappa shape index (κ2) is 9.99. The Morgan fingerprint density at radius 3 is 2.00 bits per heavy atom. The molecule has 0 bridgehead atoms. The SMILES string of the molecule is O=C(c1cc(C(F)(F)F)cc(C(F)(F)F)c1)N1CCC2(CC1)SCCN2C(=O)CCc1ccccc1. The fraction of sp³-hybridized carbons (Fsp3) is 0.440. The Morgan fingerprint density at radius 2 is 1.44 bits per heavy atom. The first-order valence-corrected chi connectivity index (χ1v) is 12.4. The van der Waals surface area contributed by atoms with E-state index in [0.29, 0.717) is 44.4 Å². The molecular weight excluding hydrogens is 506 g/mol. The first kappa shape index (κ1) is 26.4. The van der Waals surface area contributed by atoms with Crippen LogP contribution in [0.25, 0.3) is 0 Å². The van der Waals surface area contributed by atoms with Crippen LogP contribution in [0.2, 0.25) is 0 Å². The zero-order valence-electron chi connectivity index (χ0n) is 19.2. The van der Waals surface area contributed by atoms with E-state index in [9.17, 15) is 35.9 Å². The van der Waals surface area contributed by atoms with Crippen molar-refractivity contribution in [3.63, 3.8) is 0 Å². The summed E-state index contributed by atoms with van der Waals surface area (Å²) in [6, 6.07) is 10.5. The maximum atomic E-state index is 13.2. The summed E-state index contributed by atoms with van der Waals surface area (Å²) in [7, 11) is 0. The topological polar surface area (TPSA) is 40.6 Å². The summed E-state index contributed by atoms with van der Waals surface area (Å²) in [6.07, 6.45) is -8.33. The molecule has 0 unspecified atom stereocenters. The fourth-order valence-corrected chi connectivity index (χ4v) is 6.20. The second-order valence-corrected chi connectivity index (χ2v) is 10.4. The number of aryl methyl sites for hydroxylation is 1. The highest BCUT2D eigenvalue weighted by molar-refractivity contribution is 8.00. The molecule has 2 aliphatic heterocycles. The zero-order chi connectivity index (χ0) is 26.1. The normalized spacial score (nSPS) is 18.1. The van der Waals surface area contributed by atoms with Crippen LogP contribution in [0.15, 0.2) is 48.5 Å². The molecule has 2 amide bonds. The first-order valence-electron chi connectivity index (χ1n) is 11.5. The van der Waals surface area contributed by atoms with Crippen LogP contribution in [-0.2, 0) is 23.6 Å². The number of carbonyl (C=O) groups is 2. The van der Waals surface area contributed by atoms with Gasteiger partial charge in [0.1, 0.15) is 0 Å². The van der Waals surface area contributed by atoms with Crippen molar-refractivity contribution in [3.05, 3.63) is 70.8 Å². The third-order valence-electron chi connectivity index (χ3n) is 6.62. The summed E-state index contributed by atoms with van der Waals surface area (Å²) < 4.78 is 79.2. The highest BCUT2D eigenvalue weighted by atomic mass is 32.2. The van der Waals surface area contributed by atoms with E-state index >= 15 is 0 Å². The lowest BCUT2D eigenvalue weighted by molar-refractivity contribution is -0.143. The van der Waals surface area contributed by atoms with Gasteiger partial charge in [0, 0.05) is 37.4 Å². The van der Waals surface area contributed by atoms with Crippen molar-refractivity contribution in [1.29, 1.82) is 0 Å². The number of thioether (sulfide) groups is 1. The number of carbonyl (C=O) groups excluding carboxylic acids is 2. The minimum atomic E-state index is -5.02. The number of amides is 2. The number of halogens is 6. The third kappa shape index (κ3) is 5.66. The van der Waals surface area contributed by atoms with E-state index in [2.05, 4.69) is 0 Å². The molecule has 0 aromatic heterocycles. The van der Waals surface area contributed by atoms with Crippen LogP contribution in [0.3, 0.4) is 0 Å². The molecule has 194 valence electrons. The number of hydrogen-bond donors (Lipinski definition) is 0. The lowest BCUT2D eigenvalue weighted by Crippen LogP contribution is -2.53. The van der Waals surface area contributed by atoms with Crippen LogP contribution in [0, 0.1) is 0 Å². The van der Waals surface area contributed by atoms with Gasteiger partial charge in [0.15, 0.2) is 0 Å². The predicted octanol–water partition coefficient (Wildman–Crippen LogP) is 5.86. The second-order valence-electron chi connectivity index (χ2n) is 8.91. The molecule has 2 fully saturated rings. The van der Waals surface area contributed by atoms with E-state index in [0.717, 1.165) is 11.3 Å². The van der Waals surface area contributed by atoms with E-state index in [1.165, 1.54) is 4.90 Å². The monoisotopic (exact) mass is 530 g/mol. The minimum Gasteiger partial charge on any atom is -0.338 e. The zero-order valence-corrected chi connectivity index (χ0v) is 20.0. The number of rotatable bonds is 4. The Labute approximate surface area is 208 Å². The molecule has 2 saturated heterocycles. The van der Waals surface area contributed by atoms with Gasteiger partial charge in [0.25, 0.3) is 5.91 Å². The predicted molar refractivity (Wildman–Crippen MR) is 123 cm³/mol. The molecule has 11 heteroatoms. The van der Waals surface area contributed by atoms with Crippen LogP contribution in [0.1, 0.15) is 46.3 Å². The third-order valence-corrected chi connectivity index (χ3v) is 8.17. The molecule has 0 saturated carbocycles. The van der Waals surface area contributed by atoms with Gasteiger partial charge in [0.05, 0.1) is 16.0 Å². The molecule has 0 atom stereocenters. The van der Waals surface area contributed by atoms with E-state index in [-0.39, 0.29) is 25.1 Å². The summed E-state index contributed by atoms with van der Waals surface area (Å²) in [5.74, 6) is -0.157. The van der Waals surface area contributed by atoms with Crippen LogP contribution in [0.5, 0.6) is 0 Å². The van der Waals surface area contributed by atoms with Crippen molar-refractivity contribution in [2.45, 2.75) is 42.9 Å². The summed E-state index contributed by atoms with van der Waals surface area (Å²) >= 11 is 1.61. The van der Waals surface area contributed by atoms with E-state index in [1.54, 1.807) is 11.8 Å². The molecule has 2 heterocycles. The lowest BCUT2D eigenvalue weighted by atomic mass is 9.99. The summed E-state index contributed by atoms with van der Waals surface area (Å²) in [4.78, 5) is 28.5. The molecule has 2 aromatic carbocycles. The van der Waals surface area contributed by atoms with Crippen LogP contribution in [-0.4, -0.2) is 51.9 Å². The summed E-state index contributed by atoms with van der Waals surface area (Å²) in [5.41, 5.74) is -2.64. The smallest absolute Gasteiger partial charge is 0.338 e. The number of hydrogen-bond acceptors (Lipinski definition) is 3. The number of benzene rings is 2. The van der Waals surface area contributed by atoms with Crippen LogP contribution < -0.4 is 0 Å². The fourth-order valence-electron chi connectivity index (χ4n) is 4.73. The average molecular weight is 531 g/mol. The molecule has 36 heavy (non-hydrogen) atoms. The molecule has 2 aromatic rings. The van der Waals surface area contributed by atoms with Gasteiger partial charge >= 0.3 is 12.4 Å². The summed E-state index contributed by atoms with van der Waals surface area (Å²) in [5, 5.41) is 0. The van der Waals surface area contributed by atoms with Gasteiger partial charge in [-0.05, 0) is 43.0 Å². The molecular formula is C25H24F6N2O2S. The number of piperidine rings is 1. The van der Waals surface area contributed by atoms with Crippen molar-refractivity contribution < 1.29 is 35.9 Å². The van der Waals surface area contributed by atoms with Gasteiger partial charge in [-0.2, -0.15) is 26.3 Å². The first-order chi connectivity index (χ1) is 16.9. The molecule has 2 aliphatic rings. The Hall–Kier alpha value is -2.69. The Morgan fingerprint density at radius 1 is 0.861 bits per heavy atom. The molecule has 0 N–H and O–H groups in total. The molecule has 4 rings (SSSR count). The molecule has 0 radical (unpaired) electrons. The van der Waals surface area contributed by atoms with E-state index in [1.807, 2.05) is 35.2 Å². The molecule has 1 spiro atoms. The Balaban J connectivity index is 1.45. The van der Waals surface area contributed by atoms with Gasteiger partial charge in [0.2, 0.25) is 5.91 Å².